The second-order valence-corrected chi connectivity index (χ2v) is 4.02. The van der Waals surface area contributed by atoms with Gasteiger partial charge in [0.05, 0.1) is 52.9 Å². The molecule has 0 saturated heterocycles. The summed E-state index contributed by atoms with van der Waals surface area (Å²) in [4.78, 5) is 8.15. The van der Waals surface area contributed by atoms with Crippen LogP contribution in [0.3, 0.4) is 0 Å². The van der Waals surface area contributed by atoms with Gasteiger partial charge in [-0.1, -0.05) is 23.2 Å². The predicted molar refractivity (Wildman–Crippen MR) is 69.8 cm³/mol. The van der Waals surface area contributed by atoms with Crippen molar-refractivity contribution in [2.75, 3.05) is 52.9 Å². The molecule has 0 aromatic heterocycles. The zero-order chi connectivity index (χ0) is 14.9. The lowest BCUT2D eigenvalue weighted by Gasteiger charge is -2.04. The summed E-state index contributed by atoms with van der Waals surface area (Å²) in [5.41, 5.74) is 0. The van der Waals surface area contributed by atoms with Gasteiger partial charge < -0.3 is 29.5 Å². The number of carboxylic acid groups (broad SMARTS) is 1. The molecular weight excluding hydrogens is 303 g/mol. The molecule has 0 aliphatic rings. The molecule has 0 unspecified atom stereocenters. The Morgan fingerprint density at radius 1 is 0.842 bits per heavy atom. The van der Waals surface area contributed by atoms with E-state index in [0.29, 0.717) is 39.6 Å². The Labute approximate surface area is 122 Å². The number of hydrogen-bond donors (Lipinski definition) is 3. The third-order valence-corrected chi connectivity index (χ3v) is 1.78. The van der Waals surface area contributed by atoms with Gasteiger partial charge in [0.2, 0.25) is 4.84 Å². The smallest absolute Gasteiger partial charge is 0.337 e. The van der Waals surface area contributed by atoms with Crippen LogP contribution in [-0.4, -0.2) is 79.0 Å². The molecule has 0 bridgehead atoms. The molecule has 9 heteroatoms. The number of carboxylic acids is 1. The van der Waals surface area contributed by atoms with E-state index >= 15 is 0 Å². The molecule has 7 nitrogen and oxygen atoms in total. The lowest BCUT2D eigenvalue weighted by Crippen LogP contribution is -2.11. The lowest BCUT2D eigenvalue weighted by atomic mass is 10.7. The van der Waals surface area contributed by atoms with Gasteiger partial charge in [-0.3, -0.25) is 0 Å². The van der Waals surface area contributed by atoms with Crippen LogP contribution in [0.15, 0.2) is 0 Å². The van der Waals surface area contributed by atoms with E-state index in [-0.39, 0.29) is 13.2 Å². The van der Waals surface area contributed by atoms with E-state index in [1.807, 2.05) is 0 Å². The number of aliphatic carboxylic acids is 1. The third-order valence-electron chi connectivity index (χ3n) is 1.40. The van der Waals surface area contributed by atoms with Gasteiger partial charge in [0.15, 0.2) is 0 Å². The first-order valence-corrected chi connectivity index (χ1v) is 6.39. The molecule has 0 aliphatic heterocycles. The number of ether oxygens (including phenoxy) is 3. The minimum absolute atomic E-state index is 0.0413. The Balaban J connectivity index is 0. The zero-order valence-corrected chi connectivity index (χ0v) is 12.0. The van der Waals surface area contributed by atoms with Gasteiger partial charge >= 0.3 is 5.97 Å². The van der Waals surface area contributed by atoms with Gasteiger partial charge in [-0.2, -0.15) is 0 Å². The van der Waals surface area contributed by atoms with E-state index in [1.54, 1.807) is 0 Å². The van der Waals surface area contributed by atoms with Gasteiger partial charge in [0.1, 0.15) is 0 Å². The van der Waals surface area contributed by atoms with Crippen molar-refractivity contribution in [1.82, 2.24) is 0 Å². The third kappa shape index (κ3) is 23.4. The van der Waals surface area contributed by atoms with Gasteiger partial charge in [-0.05, 0) is 0 Å². The van der Waals surface area contributed by atoms with Gasteiger partial charge in [-0.25, -0.2) is 4.79 Å². The first kappa shape index (κ1) is 21.2. The number of alkyl halides is 2. The minimum atomic E-state index is -1.29. The molecule has 0 aromatic rings. The van der Waals surface area contributed by atoms with Crippen molar-refractivity contribution in [2.45, 2.75) is 4.84 Å². The molecule has 0 aromatic carbocycles. The van der Waals surface area contributed by atoms with Crippen molar-refractivity contribution in [1.29, 1.82) is 0 Å². The van der Waals surface area contributed by atoms with E-state index in [1.165, 1.54) is 0 Å². The summed E-state index contributed by atoms with van der Waals surface area (Å²) in [6, 6.07) is 0. The molecule has 0 aliphatic carbocycles. The number of rotatable bonds is 11. The monoisotopic (exact) mass is 322 g/mol. The number of aliphatic hydroxyl groups excluding tert-OH is 2. The average molecular weight is 323 g/mol. The number of hydrogen-bond acceptors (Lipinski definition) is 6. The lowest BCUT2D eigenvalue weighted by molar-refractivity contribution is -0.135. The highest BCUT2D eigenvalue weighted by Gasteiger charge is 2.05. The second kappa shape index (κ2) is 17.8. The van der Waals surface area contributed by atoms with Gasteiger partial charge in [0, 0.05) is 0 Å². The fraction of sp³-hybridized carbons (Fsp3) is 0.900. The van der Waals surface area contributed by atoms with Crippen molar-refractivity contribution in [2.24, 2.45) is 0 Å². The predicted octanol–water partition coefficient (Wildman–Crippen LogP) is -0.104. The van der Waals surface area contributed by atoms with Crippen molar-refractivity contribution in [3.05, 3.63) is 0 Å². The van der Waals surface area contributed by atoms with Crippen LogP contribution in [-0.2, 0) is 19.0 Å². The number of carbonyl (C=O) groups is 1. The van der Waals surface area contributed by atoms with Crippen molar-refractivity contribution in [3.63, 3.8) is 0 Å². The summed E-state index contributed by atoms with van der Waals surface area (Å²) in [6.07, 6.45) is 0. The quantitative estimate of drug-likeness (QED) is 0.360. The van der Waals surface area contributed by atoms with Gasteiger partial charge in [0.25, 0.3) is 0 Å². The molecule has 0 heterocycles. The molecule has 0 spiro atoms. The Bertz CT molecular complexity index is 183. The fourth-order valence-corrected chi connectivity index (χ4v) is 0.671. The topological polar surface area (TPSA) is 105 Å². The van der Waals surface area contributed by atoms with Crippen molar-refractivity contribution >= 4 is 29.2 Å². The van der Waals surface area contributed by atoms with Crippen LogP contribution in [0, 0.1) is 0 Å². The molecule has 0 radical (unpaired) electrons. The van der Waals surface area contributed by atoms with Crippen LogP contribution in [0.1, 0.15) is 0 Å². The molecule has 3 N–H and O–H groups in total. The Hall–Kier alpha value is -0.150. The van der Waals surface area contributed by atoms with Crippen LogP contribution in [0.2, 0.25) is 0 Å². The van der Waals surface area contributed by atoms with Crippen LogP contribution in [0.5, 0.6) is 0 Å². The van der Waals surface area contributed by atoms with Crippen LogP contribution in [0.4, 0.5) is 0 Å². The first-order chi connectivity index (χ1) is 9.06. The van der Waals surface area contributed by atoms with E-state index < -0.39 is 10.8 Å². The molecule has 0 saturated carbocycles. The Morgan fingerprint density at radius 3 is 1.32 bits per heavy atom. The van der Waals surface area contributed by atoms with E-state index in [0.717, 1.165) is 0 Å². The fourth-order valence-electron chi connectivity index (χ4n) is 0.671. The molecular formula is C10H20Cl2O7. The molecule has 0 fully saturated rings. The van der Waals surface area contributed by atoms with Gasteiger partial charge in [-0.15, -0.1) is 0 Å². The average Bonchev–Trinajstić information content (AvgIpc) is 2.37. The second-order valence-electron chi connectivity index (χ2n) is 2.92. The maximum atomic E-state index is 9.44. The maximum absolute atomic E-state index is 9.44. The summed E-state index contributed by atoms with van der Waals surface area (Å²) in [6.45, 7) is 2.76. The zero-order valence-electron chi connectivity index (χ0n) is 10.5. The van der Waals surface area contributed by atoms with E-state index in [2.05, 4.69) is 0 Å². The van der Waals surface area contributed by atoms with E-state index in [9.17, 15) is 4.79 Å². The normalized spacial score (nSPS) is 10.2. The molecule has 0 rings (SSSR count). The van der Waals surface area contributed by atoms with E-state index in [4.69, 9.17) is 52.7 Å². The molecule has 116 valence electrons. The standard InChI is InChI=1S/C8H18O5.C2H2Cl2O2/c9-1-3-11-5-7-13-8-6-12-4-2-10;3-1(4)2(5)6/h9-10H,1-8H2;1H,(H,5,6). The van der Waals surface area contributed by atoms with Crippen LogP contribution in [0.25, 0.3) is 0 Å². The summed E-state index contributed by atoms with van der Waals surface area (Å²) in [7, 11) is 0. The Kier molecular flexibility index (Phi) is 19.9. The maximum Gasteiger partial charge on any atom is 0.337 e. The molecule has 0 atom stereocenters. The van der Waals surface area contributed by atoms with Crippen LogP contribution >= 0.6 is 23.2 Å². The van der Waals surface area contributed by atoms with Crippen molar-refractivity contribution < 1.29 is 34.3 Å². The van der Waals surface area contributed by atoms with Crippen LogP contribution < -0.4 is 0 Å². The highest BCUT2D eigenvalue weighted by molar-refractivity contribution is 6.52. The summed E-state index contributed by atoms with van der Waals surface area (Å²) < 4.78 is 15.0. The highest BCUT2D eigenvalue weighted by atomic mass is 35.5. The number of halogens is 2. The first-order valence-electron chi connectivity index (χ1n) is 5.52. The minimum Gasteiger partial charge on any atom is -0.479 e. The van der Waals surface area contributed by atoms with Crippen molar-refractivity contribution in [3.8, 4) is 0 Å². The summed E-state index contributed by atoms with van der Waals surface area (Å²) in [5, 5.41) is 24.4. The largest absolute Gasteiger partial charge is 0.479 e. The summed E-state index contributed by atoms with van der Waals surface area (Å²) in [5.74, 6) is -1.21. The number of aliphatic hydroxyl groups is 2. The molecule has 0 amide bonds. The highest BCUT2D eigenvalue weighted by Crippen LogP contribution is 1.98. The SMILES string of the molecule is O=C(O)C(Cl)Cl.OCCOCCOCCOCCO. The Morgan fingerprint density at radius 2 is 1.11 bits per heavy atom. The summed E-state index contributed by atoms with van der Waals surface area (Å²) >= 11 is 9.56. The molecule has 19 heavy (non-hydrogen) atoms.